The van der Waals surface area contributed by atoms with Crippen molar-refractivity contribution in [3.05, 3.63) is 47.5 Å². The van der Waals surface area contributed by atoms with E-state index in [1.807, 2.05) is 36.4 Å². The fourth-order valence-electron chi connectivity index (χ4n) is 2.73. The molecule has 3 nitrogen and oxygen atoms in total. The summed E-state index contributed by atoms with van der Waals surface area (Å²) in [5.74, 6) is -0.187. The number of amides is 2. The lowest BCUT2D eigenvalue weighted by atomic mass is 10.1. The molecule has 0 saturated carbocycles. The number of hydrogen-bond acceptors (Lipinski definition) is 2. The summed E-state index contributed by atoms with van der Waals surface area (Å²) >= 11 is 0. The lowest BCUT2D eigenvalue weighted by Crippen LogP contribution is -2.28. The zero-order chi connectivity index (χ0) is 15.8. The molecule has 1 saturated heterocycles. The summed E-state index contributed by atoms with van der Waals surface area (Å²) in [7, 11) is 0. The van der Waals surface area contributed by atoms with Gasteiger partial charge in [0, 0.05) is 5.57 Å². The Morgan fingerprint density at radius 2 is 1.77 bits per heavy atom. The maximum Gasteiger partial charge on any atom is 0.256 e. The molecule has 2 amide bonds. The minimum absolute atomic E-state index is 0.0777. The van der Waals surface area contributed by atoms with Crippen molar-refractivity contribution in [3.8, 4) is 0 Å². The molecular formula is C19H25NO2. The smallest absolute Gasteiger partial charge is 0.256 e. The van der Waals surface area contributed by atoms with E-state index in [2.05, 4.69) is 6.92 Å². The van der Waals surface area contributed by atoms with Crippen molar-refractivity contribution in [2.75, 3.05) is 0 Å². The number of carbonyl (C=O) groups is 2. The number of imide groups is 1. The van der Waals surface area contributed by atoms with E-state index in [1.54, 1.807) is 0 Å². The number of hydrogen-bond donors (Lipinski definition) is 0. The van der Waals surface area contributed by atoms with Crippen molar-refractivity contribution < 1.29 is 9.59 Å². The number of carbonyl (C=O) groups excluding carboxylic acids is 2. The summed E-state index contributed by atoms with van der Waals surface area (Å²) in [6.45, 7) is 2.58. The first-order valence-electron chi connectivity index (χ1n) is 8.30. The topological polar surface area (TPSA) is 37.4 Å². The van der Waals surface area contributed by atoms with E-state index in [9.17, 15) is 9.59 Å². The van der Waals surface area contributed by atoms with Crippen LogP contribution in [-0.2, 0) is 16.1 Å². The van der Waals surface area contributed by atoms with Crippen LogP contribution in [0, 0.1) is 0 Å². The van der Waals surface area contributed by atoms with Crippen LogP contribution in [0.2, 0.25) is 0 Å². The van der Waals surface area contributed by atoms with E-state index >= 15 is 0 Å². The van der Waals surface area contributed by atoms with Gasteiger partial charge in [0.1, 0.15) is 0 Å². The van der Waals surface area contributed by atoms with Gasteiger partial charge in [-0.1, -0.05) is 69.0 Å². The third kappa shape index (κ3) is 4.55. The molecule has 0 spiro atoms. The van der Waals surface area contributed by atoms with Crippen LogP contribution in [0.15, 0.2) is 42.0 Å². The second-order valence-electron chi connectivity index (χ2n) is 5.88. The third-order valence-corrected chi connectivity index (χ3v) is 4.04. The number of allylic oxidation sites excluding steroid dienone is 1. The first kappa shape index (κ1) is 16.5. The second kappa shape index (κ2) is 8.52. The van der Waals surface area contributed by atoms with E-state index in [0.717, 1.165) is 18.4 Å². The molecule has 1 aliphatic heterocycles. The Bertz CT molecular complexity index is 534. The summed E-state index contributed by atoms with van der Waals surface area (Å²) in [6.07, 6.45) is 9.21. The average Bonchev–Trinajstić information content (AvgIpc) is 2.79. The van der Waals surface area contributed by atoms with Crippen LogP contribution in [0.5, 0.6) is 0 Å². The Balaban J connectivity index is 1.85. The van der Waals surface area contributed by atoms with Gasteiger partial charge >= 0.3 is 0 Å². The maximum atomic E-state index is 12.3. The van der Waals surface area contributed by atoms with E-state index < -0.39 is 0 Å². The van der Waals surface area contributed by atoms with Gasteiger partial charge in [0.25, 0.3) is 5.91 Å². The van der Waals surface area contributed by atoms with Crippen LogP contribution >= 0.6 is 0 Å². The minimum atomic E-state index is -0.109. The molecule has 0 aromatic heterocycles. The molecule has 0 atom stereocenters. The largest absolute Gasteiger partial charge is 0.274 e. The van der Waals surface area contributed by atoms with Crippen LogP contribution in [-0.4, -0.2) is 16.7 Å². The highest BCUT2D eigenvalue weighted by Gasteiger charge is 2.33. The highest BCUT2D eigenvalue weighted by Crippen LogP contribution is 2.22. The molecule has 1 aromatic rings. The molecule has 1 fully saturated rings. The molecule has 22 heavy (non-hydrogen) atoms. The van der Waals surface area contributed by atoms with Crippen LogP contribution in [0.3, 0.4) is 0 Å². The van der Waals surface area contributed by atoms with E-state index in [1.165, 1.54) is 30.6 Å². The second-order valence-corrected chi connectivity index (χ2v) is 5.88. The SMILES string of the molecule is CCCCCCC/C=C1\CC(=O)N(Cc2ccccc2)C1=O. The van der Waals surface area contributed by atoms with Crippen molar-refractivity contribution >= 4 is 11.8 Å². The molecular weight excluding hydrogens is 274 g/mol. The molecule has 1 aromatic carbocycles. The zero-order valence-electron chi connectivity index (χ0n) is 13.4. The van der Waals surface area contributed by atoms with Crippen molar-refractivity contribution in [1.29, 1.82) is 0 Å². The van der Waals surface area contributed by atoms with Gasteiger partial charge in [-0.2, -0.15) is 0 Å². The van der Waals surface area contributed by atoms with Gasteiger partial charge in [0.2, 0.25) is 5.91 Å². The Hall–Kier alpha value is -1.90. The molecule has 0 unspecified atom stereocenters. The molecule has 0 bridgehead atoms. The molecule has 118 valence electrons. The summed E-state index contributed by atoms with van der Waals surface area (Å²) in [4.78, 5) is 25.7. The maximum absolute atomic E-state index is 12.3. The monoisotopic (exact) mass is 299 g/mol. The predicted molar refractivity (Wildman–Crippen MR) is 88.1 cm³/mol. The van der Waals surface area contributed by atoms with Gasteiger partial charge in [0.05, 0.1) is 13.0 Å². The number of rotatable bonds is 8. The van der Waals surface area contributed by atoms with Gasteiger partial charge in [-0.3, -0.25) is 14.5 Å². The minimum Gasteiger partial charge on any atom is -0.274 e. The lowest BCUT2D eigenvalue weighted by molar-refractivity contribution is -0.138. The fourth-order valence-corrected chi connectivity index (χ4v) is 2.73. The zero-order valence-corrected chi connectivity index (χ0v) is 13.4. The van der Waals surface area contributed by atoms with Gasteiger partial charge in [-0.15, -0.1) is 0 Å². The molecule has 2 rings (SSSR count). The van der Waals surface area contributed by atoms with E-state index in [-0.39, 0.29) is 18.2 Å². The van der Waals surface area contributed by atoms with Gasteiger partial charge < -0.3 is 0 Å². The highest BCUT2D eigenvalue weighted by molar-refractivity contribution is 6.13. The van der Waals surface area contributed by atoms with E-state index in [4.69, 9.17) is 0 Å². The Kier molecular flexibility index (Phi) is 6.38. The first-order chi connectivity index (χ1) is 10.7. The Morgan fingerprint density at radius 1 is 1.05 bits per heavy atom. The quantitative estimate of drug-likeness (QED) is 0.409. The highest BCUT2D eigenvalue weighted by atomic mass is 16.2. The Labute approximate surface area is 133 Å². The van der Waals surface area contributed by atoms with Crippen molar-refractivity contribution in [3.63, 3.8) is 0 Å². The molecule has 1 heterocycles. The summed E-state index contributed by atoms with van der Waals surface area (Å²) in [5, 5.41) is 0. The molecule has 3 heteroatoms. The summed E-state index contributed by atoms with van der Waals surface area (Å²) in [5.41, 5.74) is 1.67. The Morgan fingerprint density at radius 3 is 2.50 bits per heavy atom. The molecule has 0 radical (unpaired) electrons. The average molecular weight is 299 g/mol. The number of likely N-dealkylation sites (tertiary alicyclic amines) is 1. The number of nitrogens with zero attached hydrogens (tertiary/aromatic N) is 1. The molecule has 0 N–H and O–H groups in total. The van der Waals surface area contributed by atoms with Crippen LogP contribution < -0.4 is 0 Å². The number of benzene rings is 1. The van der Waals surface area contributed by atoms with Gasteiger partial charge in [0.15, 0.2) is 0 Å². The van der Waals surface area contributed by atoms with Crippen LogP contribution in [0.25, 0.3) is 0 Å². The van der Waals surface area contributed by atoms with Gasteiger partial charge in [-0.25, -0.2) is 0 Å². The molecule has 0 aliphatic carbocycles. The molecule has 1 aliphatic rings. The van der Waals surface area contributed by atoms with Crippen molar-refractivity contribution in [1.82, 2.24) is 4.90 Å². The standard InChI is InChI=1S/C19H25NO2/c1-2-3-4-5-6-10-13-17-14-18(21)20(19(17)22)15-16-11-8-7-9-12-16/h7-9,11-13H,2-6,10,14-15H2,1H3/b17-13+. The lowest BCUT2D eigenvalue weighted by Gasteiger charge is -2.13. The van der Waals surface area contributed by atoms with Crippen LogP contribution in [0.1, 0.15) is 57.4 Å². The normalized spacial score (nSPS) is 16.8. The summed E-state index contributed by atoms with van der Waals surface area (Å²) < 4.78 is 0. The summed E-state index contributed by atoms with van der Waals surface area (Å²) in [6, 6.07) is 9.66. The first-order valence-corrected chi connectivity index (χ1v) is 8.30. The van der Waals surface area contributed by atoms with Crippen molar-refractivity contribution in [2.24, 2.45) is 0 Å². The third-order valence-electron chi connectivity index (χ3n) is 4.04. The van der Waals surface area contributed by atoms with Crippen molar-refractivity contribution in [2.45, 2.75) is 58.4 Å². The predicted octanol–water partition coefficient (Wildman–Crippen LogP) is 4.23. The van der Waals surface area contributed by atoms with Gasteiger partial charge in [-0.05, 0) is 18.4 Å². The van der Waals surface area contributed by atoms with E-state index in [0.29, 0.717) is 12.1 Å². The number of unbranched alkanes of at least 4 members (excludes halogenated alkanes) is 5. The fraction of sp³-hybridized carbons (Fsp3) is 0.474. The van der Waals surface area contributed by atoms with Crippen LogP contribution in [0.4, 0.5) is 0 Å².